The predicted molar refractivity (Wildman–Crippen MR) is 238 cm³/mol. The second-order valence-corrected chi connectivity index (χ2v) is 20.4. The first-order chi connectivity index (χ1) is 25.4. The number of hydrogen-bond acceptors (Lipinski definition) is 3. The molecule has 4 heteroatoms. The molecule has 0 spiro atoms. The van der Waals surface area contributed by atoms with E-state index in [-0.39, 0.29) is 23.0 Å². The van der Waals surface area contributed by atoms with Gasteiger partial charge < -0.3 is 9.80 Å². The SMILES string of the molecule is Cc1ccc(N2c3cc4c(cc3B3c5sc6ccc(C(C)(C)C)cc6c5N(c5ccc(C(C)C)cc5)c5cc(C)cc2c53)C(C)(C)CCC4(C)C)c(C)c1. The van der Waals surface area contributed by atoms with Gasteiger partial charge >= 0.3 is 0 Å². The fourth-order valence-electron chi connectivity index (χ4n) is 9.74. The van der Waals surface area contributed by atoms with E-state index in [1.807, 2.05) is 11.3 Å². The van der Waals surface area contributed by atoms with Crippen molar-refractivity contribution in [1.29, 1.82) is 0 Å². The van der Waals surface area contributed by atoms with Crippen LogP contribution in [0.5, 0.6) is 0 Å². The van der Waals surface area contributed by atoms with E-state index in [2.05, 4.69) is 178 Å². The largest absolute Gasteiger partial charge is 0.311 e. The lowest BCUT2D eigenvalue weighted by Crippen LogP contribution is -2.61. The summed E-state index contributed by atoms with van der Waals surface area (Å²) < 4.78 is 2.82. The standard InChI is InChI=1S/C50H55BN2S/c1-29(2)33-14-17-35(18-15-33)52-42-24-31(4)25-43-45(42)51(47-46(52)36-26-34(48(6,7)8)16-20-44(36)54-47)39-27-37-38(50(11,12)22-21-49(37,9)10)28-41(39)53(43)40-19-13-30(3)23-32(40)5/h13-20,23-29H,21-22H2,1-12H3. The third-order valence-corrected chi connectivity index (χ3v) is 14.3. The molecule has 1 aliphatic carbocycles. The van der Waals surface area contributed by atoms with Gasteiger partial charge in [0, 0.05) is 43.3 Å². The lowest BCUT2D eigenvalue weighted by molar-refractivity contribution is 0.332. The van der Waals surface area contributed by atoms with Gasteiger partial charge in [-0.25, -0.2) is 0 Å². The average Bonchev–Trinajstić information content (AvgIpc) is 3.48. The lowest BCUT2D eigenvalue weighted by atomic mass is 9.35. The van der Waals surface area contributed by atoms with Crippen LogP contribution in [0, 0.1) is 20.8 Å². The van der Waals surface area contributed by atoms with Crippen LogP contribution in [0.15, 0.2) is 84.9 Å². The summed E-state index contributed by atoms with van der Waals surface area (Å²) in [6.45, 7) is 28.4. The highest BCUT2D eigenvalue weighted by molar-refractivity contribution is 7.33. The van der Waals surface area contributed by atoms with Gasteiger partial charge in [-0.3, -0.25) is 0 Å². The molecule has 5 aromatic carbocycles. The molecule has 0 amide bonds. The van der Waals surface area contributed by atoms with Crippen molar-refractivity contribution in [3.8, 4) is 0 Å². The smallest absolute Gasteiger partial charge is 0.264 e. The van der Waals surface area contributed by atoms with Gasteiger partial charge in [0.2, 0.25) is 0 Å². The third-order valence-electron chi connectivity index (χ3n) is 13.1. The minimum absolute atomic E-state index is 0.0460. The van der Waals surface area contributed by atoms with Gasteiger partial charge in [0.05, 0.1) is 5.69 Å². The van der Waals surface area contributed by atoms with Gasteiger partial charge in [-0.05, 0) is 149 Å². The van der Waals surface area contributed by atoms with Gasteiger partial charge in [-0.2, -0.15) is 0 Å². The number of fused-ring (bicyclic) bond motifs is 7. The summed E-state index contributed by atoms with van der Waals surface area (Å²) in [7, 11) is 0. The molecule has 0 atom stereocenters. The Morgan fingerprint density at radius 3 is 1.94 bits per heavy atom. The zero-order valence-electron chi connectivity index (χ0n) is 34.5. The second kappa shape index (κ2) is 11.9. The van der Waals surface area contributed by atoms with E-state index in [0.717, 1.165) is 0 Å². The summed E-state index contributed by atoms with van der Waals surface area (Å²) in [5, 5.41) is 1.36. The lowest BCUT2D eigenvalue weighted by Gasteiger charge is -2.47. The van der Waals surface area contributed by atoms with Crippen LogP contribution >= 0.6 is 11.3 Å². The first kappa shape index (κ1) is 35.4. The van der Waals surface area contributed by atoms with E-state index >= 15 is 0 Å². The predicted octanol–water partition coefficient (Wildman–Crippen LogP) is 12.7. The van der Waals surface area contributed by atoms with Crippen LogP contribution in [0.3, 0.4) is 0 Å². The van der Waals surface area contributed by atoms with Crippen LogP contribution in [0.25, 0.3) is 10.1 Å². The third kappa shape index (κ3) is 5.26. The molecule has 54 heavy (non-hydrogen) atoms. The summed E-state index contributed by atoms with van der Waals surface area (Å²) in [5.74, 6) is 0.478. The molecule has 6 aromatic rings. The topological polar surface area (TPSA) is 6.48 Å². The van der Waals surface area contributed by atoms with Crippen molar-refractivity contribution in [1.82, 2.24) is 0 Å². The number of hydrogen-bond donors (Lipinski definition) is 0. The van der Waals surface area contributed by atoms with Crippen molar-refractivity contribution in [2.24, 2.45) is 0 Å². The van der Waals surface area contributed by atoms with Crippen LogP contribution in [-0.4, -0.2) is 6.71 Å². The maximum Gasteiger partial charge on any atom is 0.264 e. The number of anilines is 6. The van der Waals surface area contributed by atoms with Crippen molar-refractivity contribution in [2.45, 2.75) is 118 Å². The molecule has 0 N–H and O–H groups in total. The molecule has 0 saturated carbocycles. The first-order valence-corrected chi connectivity index (χ1v) is 20.9. The highest BCUT2D eigenvalue weighted by atomic mass is 32.1. The molecule has 0 radical (unpaired) electrons. The Bertz CT molecular complexity index is 2510. The summed E-state index contributed by atoms with van der Waals surface area (Å²) in [4.78, 5) is 5.27. The minimum Gasteiger partial charge on any atom is -0.311 e. The molecular weight excluding hydrogens is 671 g/mol. The second-order valence-electron chi connectivity index (χ2n) is 19.4. The number of aryl methyl sites for hydroxylation is 3. The Morgan fingerprint density at radius 2 is 1.31 bits per heavy atom. The zero-order valence-corrected chi connectivity index (χ0v) is 35.3. The van der Waals surface area contributed by atoms with Gasteiger partial charge in [-0.15, -0.1) is 11.3 Å². The van der Waals surface area contributed by atoms with Crippen LogP contribution in [-0.2, 0) is 16.2 Å². The normalized spacial score (nSPS) is 16.7. The van der Waals surface area contributed by atoms with E-state index < -0.39 is 0 Å². The maximum atomic E-state index is 2.67. The van der Waals surface area contributed by atoms with E-state index in [1.54, 1.807) is 0 Å². The molecule has 3 aliphatic rings. The molecule has 9 rings (SSSR count). The average molecular weight is 727 g/mol. The highest BCUT2D eigenvalue weighted by Gasteiger charge is 2.48. The minimum atomic E-state index is 0.0460. The number of rotatable bonds is 3. The molecule has 2 nitrogen and oxygen atoms in total. The zero-order chi connectivity index (χ0) is 38.2. The number of thiophene rings is 1. The Kier molecular flexibility index (Phi) is 7.78. The number of benzene rings is 5. The molecule has 0 fully saturated rings. The fraction of sp³-hybridized carbons (Fsp3) is 0.360. The monoisotopic (exact) mass is 726 g/mol. The maximum absolute atomic E-state index is 2.67. The molecular formula is C50H55BN2S. The van der Waals surface area contributed by atoms with E-state index in [9.17, 15) is 0 Å². The molecule has 274 valence electrons. The summed E-state index contributed by atoms with van der Waals surface area (Å²) >= 11 is 2.01. The van der Waals surface area contributed by atoms with Crippen LogP contribution in [0.1, 0.15) is 120 Å². The number of nitrogens with zero attached hydrogens (tertiary/aromatic N) is 2. The Labute approximate surface area is 328 Å². The van der Waals surface area contributed by atoms with Crippen LogP contribution in [0.2, 0.25) is 0 Å². The Hall–Kier alpha value is -4.28. The van der Waals surface area contributed by atoms with E-state index in [4.69, 9.17) is 0 Å². The molecule has 3 heterocycles. The molecule has 0 bridgehead atoms. The van der Waals surface area contributed by atoms with Crippen molar-refractivity contribution < 1.29 is 0 Å². The molecule has 1 aromatic heterocycles. The van der Waals surface area contributed by atoms with Crippen molar-refractivity contribution >= 4 is 78.0 Å². The molecule has 0 unspecified atom stereocenters. The van der Waals surface area contributed by atoms with Crippen molar-refractivity contribution in [3.05, 3.63) is 124 Å². The molecule has 0 saturated heterocycles. The van der Waals surface area contributed by atoms with Crippen molar-refractivity contribution in [2.75, 3.05) is 9.80 Å². The summed E-state index contributed by atoms with van der Waals surface area (Å²) in [5.41, 5.74) is 20.6. The van der Waals surface area contributed by atoms with Gasteiger partial charge in [0.1, 0.15) is 0 Å². The van der Waals surface area contributed by atoms with Crippen molar-refractivity contribution in [3.63, 3.8) is 0 Å². The summed E-state index contributed by atoms with van der Waals surface area (Å²) in [6.07, 6.45) is 2.39. The van der Waals surface area contributed by atoms with Crippen LogP contribution < -0.4 is 25.5 Å². The molecule has 2 aliphatic heterocycles. The Morgan fingerprint density at radius 1 is 0.667 bits per heavy atom. The Balaban J connectivity index is 1.43. The van der Waals surface area contributed by atoms with E-state index in [1.165, 1.54) is 112 Å². The fourth-order valence-corrected chi connectivity index (χ4v) is 11.0. The summed E-state index contributed by atoms with van der Waals surface area (Å²) in [6, 6.07) is 33.9. The van der Waals surface area contributed by atoms with Gasteiger partial charge in [0.15, 0.2) is 0 Å². The first-order valence-electron chi connectivity index (χ1n) is 20.1. The van der Waals surface area contributed by atoms with Gasteiger partial charge in [-0.1, -0.05) is 104 Å². The van der Waals surface area contributed by atoms with Gasteiger partial charge in [0.25, 0.3) is 6.71 Å². The quantitative estimate of drug-likeness (QED) is 0.167. The van der Waals surface area contributed by atoms with Crippen LogP contribution in [0.4, 0.5) is 34.1 Å². The van der Waals surface area contributed by atoms with E-state index in [0.29, 0.717) is 5.92 Å². The highest BCUT2D eigenvalue weighted by Crippen LogP contribution is 2.52.